The molecule has 0 saturated heterocycles. The van der Waals surface area contributed by atoms with Gasteiger partial charge in [-0.1, -0.05) is 72.8 Å². The molecule has 0 saturated carbocycles. The smallest absolute Gasteiger partial charge is 0.497 e. The van der Waals surface area contributed by atoms with E-state index in [0.717, 1.165) is 22.3 Å². The average molecular weight is 641 g/mol. The van der Waals surface area contributed by atoms with Gasteiger partial charge in [0.15, 0.2) is 7.26 Å². The predicted molar refractivity (Wildman–Crippen MR) is 181 cm³/mol. The summed E-state index contributed by atoms with van der Waals surface area (Å²) in [5, 5.41) is 8.12. The van der Waals surface area contributed by atoms with Crippen molar-refractivity contribution in [1.29, 1.82) is 0 Å². The third-order valence-corrected chi connectivity index (χ3v) is 11.0. The van der Waals surface area contributed by atoms with Crippen LogP contribution in [0, 0.1) is 0 Å². The molecule has 0 bridgehead atoms. The number of rotatable bonds is 9. The van der Waals surface area contributed by atoms with Gasteiger partial charge in [0, 0.05) is 5.56 Å². The number of benzene rings is 5. The van der Waals surface area contributed by atoms with Crippen molar-refractivity contribution < 1.29 is 26.4 Å². The third kappa shape index (κ3) is 7.71. The number of halogens is 4. The molecule has 0 fully saturated rings. The van der Waals surface area contributed by atoms with Gasteiger partial charge in [-0.15, -0.1) is 0 Å². The maximum Gasteiger partial charge on any atom is 0.673 e. The summed E-state index contributed by atoms with van der Waals surface area (Å²) in [5.41, 5.74) is 5.88. The molecule has 0 aliphatic rings. The third-order valence-electron chi connectivity index (χ3n) is 6.87. The van der Waals surface area contributed by atoms with Crippen LogP contribution in [0.1, 0.15) is 5.56 Å². The van der Waals surface area contributed by atoms with E-state index < -0.39 is 14.5 Å². The summed E-state index contributed by atoms with van der Waals surface area (Å²) in [6, 6.07) is 49.5. The number of nitrogens with one attached hydrogen (secondary N) is 1. The van der Waals surface area contributed by atoms with E-state index in [-0.39, 0.29) is 0 Å². The number of anilines is 1. The van der Waals surface area contributed by atoms with Crippen LogP contribution in [0.25, 0.3) is 11.5 Å². The van der Waals surface area contributed by atoms with Crippen molar-refractivity contribution in [1.82, 2.24) is 4.98 Å². The van der Waals surface area contributed by atoms with Crippen LogP contribution < -0.4 is 31.5 Å². The number of methoxy groups -OCH3 is 1. The van der Waals surface area contributed by atoms with Crippen molar-refractivity contribution in [2.24, 2.45) is 5.10 Å². The van der Waals surface area contributed by atoms with E-state index in [4.69, 9.17) is 14.1 Å². The molecule has 0 aliphatic carbocycles. The van der Waals surface area contributed by atoms with E-state index in [9.17, 15) is 17.3 Å². The van der Waals surface area contributed by atoms with Gasteiger partial charge in [0.1, 0.15) is 21.7 Å². The SMILES string of the molecule is COc1ccc(/C=N/Nc2oc(-c3ccccc3)nc2[P+](c2ccccc2)(c2ccccc2)c2ccccc2)cc1.F[B-](F)(F)F. The average Bonchev–Trinajstić information content (AvgIpc) is 3.51. The number of hydrogen-bond acceptors (Lipinski definition) is 5. The molecular formula is C35H29BF4N3O2P. The monoisotopic (exact) mass is 641 g/mol. The Hall–Kier alpha value is -5.21. The Kier molecular flexibility index (Phi) is 10.3. The first kappa shape index (κ1) is 32.2. The minimum Gasteiger partial charge on any atom is -0.497 e. The van der Waals surface area contributed by atoms with Gasteiger partial charge in [0.05, 0.1) is 13.3 Å². The second-order valence-electron chi connectivity index (χ2n) is 9.85. The lowest BCUT2D eigenvalue weighted by Gasteiger charge is -2.25. The van der Waals surface area contributed by atoms with Gasteiger partial charge in [-0.3, -0.25) is 0 Å². The molecule has 1 N–H and O–H groups in total. The van der Waals surface area contributed by atoms with Gasteiger partial charge >= 0.3 is 7.25 Å². The molecule has 11 heteroatoms. The van der Waals surface area contributed by atoms with Crippen LogP contribution in [0.5, 0.6) is 5.75 Å². The molecule has 6 rings (SSSR count). The van der Waals surface area contributed by atoms with Crippen LogP contribution in [-0.2, 0) is 0 Å². The van der Waals surface area contributed by atoms with E-state index in [1.807, 2.05) is 72.8 Å². The first-order valence-electron chi connectivity index (χ1n) is 14.2. The maximum atomic E-state index is 9.75. The number of aromatic nitrogens is 1. The lowest BCUT2D eigenvalue weighted by molar-refractivity contribution is 0.368. The van der Waals surface area contributed by atoms with E-state index in [1.165, 1.54) is 15.9 Å². The number of hydrazone groups is 1. The van der Waals surface area contributed by atoms with E-state index in [0.29, 0.717) is 11.8 Å². The van der Waals surface area contributed by atoms with Crippen molar-refractivity contribution in [3.8, 4) is 17.2 Å². The molecule has 5 nitrogen and oxygen atoms in total. The fourth-order valence-electron chi connectivity index (χ4n) is 4.94. The van der Waals surface area contributed by atoms with Gasteiger partial charge in [-0.05, 0) is 78.4 Å². The van der Waals surface area contributed by atoms with Gasteiger partial charge in [-0.25, -0.2) is 5.43 Å². The Labute approximate surface area is 265 Å². The molecule has 6 aromatic rings. The zero-order valence-electron chi connectivity index (χ0n) is 24.7. The highest BCUT2D eigenvalue weighted by atomic mass is 31.2. The van der Waals surface area contributed by atoms with Crippen LogP contribution in [0.2, 0.25) is 0 Å². The topological polar surface area (TPSA) is 59.6 Å². The van der Waals surface area contributed by atoms with Crippen molar-refractivity contribution in [2.75, 3.05) is 12.5 Å². The summed E-state index contributed by atoms with van der Waals surface area (Å²) in [7, 11) is -6.87. The Morgan fingerprint density at radius 3 is 1.54 bits per heavy atom. The second-order valence-corrected chi connectivity index (χ2v) is 13.2. The summed E-state index contributed by atoms with van der Waals surface area (Å²) in [6.45, 7) is 0. The summed E-state index contributed by atoms with van der Waals surface area (Å²) >= 11 is 0. The molecule has 0 aliphatic heterocycles. The molecule has 0 amide bonds. The van der Waals surface area contributed by atoms with Crippen molar-refractivity contribution in [2.45, 2.75) is 0 Å². The quantitative estimate of drug-likeness (QED) is 0.0578. The lowest BCUT2D eigenvalue weighted by atomic mass is 10.2. The zero-order chi connectivity index (χ0) is 32.4. The van der Waals surface area contributed by atoms with Crippen molar-refractivity contribution >= 4 is 48.0 Å². The second kappa shape index (κ2) is 14.7. The Morgan fingerprint density at radius 2 is 1.11 bits per heavy atom. The van der Waals surface area contributed by atoms with Crippen LogP contribution in [0.4, 0.5) is 23.1 Å². The largest absolute Gasteiger partial charge is 0.673 e. The molecule has 1 heterocycles. The van der Waals surface area contributed by atoms with Gasteiger partial charge in [0.2, 0.25) is 5.89 Å². The Morgan fingerprint density at radius 1 is 0.674 bits per heavy atom. The highest BCUT2D eigenvalue weighted by Gasteiger charge is 2.53. The fourth-order valence-corrected chi connectivity index (χ4v) is 9.07. The number of hydrogen-bond donors (Lipinski definition) is 1. The Balaban J connectivity index is 0.000000775. The molecule has 0 unspecified atom stereocenters. The van der Waals surface area contributed by atoms with Crippen LogP contribution in [-0.4, -0.2) is 25.6 Å². The highest BCUT2D eigenvalue weighted by Crippen LogP contribution is 2.55. The first-order valence-corrected chi connectivity index (χ1v) is 16.0. The van der Waals surface area contributed by atoms with E-state index in [2.05, 4.69) is 83.3 Å². The standard InChI is InChI=1S/C35H29N3O2P.BF4/c1-39-29-24-22-27(23-25-29)26-36-38-34-35(37-33(40-34)28-14-6-2-7-15-28)41(30-16-8-3-9-17-30,31-18-10-4-11-19-31)32-20-12-5-13-21-32;2-1(3,4)5/h2-26,38H,1H3;/q+1;-1/b36-26+;. The van der Waals surface area contributed by atoms with E-state index in [1.54, 1.807) is 13.3 Å². The highest BCUT2D eigenvalue weighted by molar-refractivity contribution is 8.01. The first-order chi connectivity index (χ1) is 22.3. The van der Waals surface area contributed by atoms with E-state index >= 15 is 0 Å². The minimum atomic E-state index is -6.00. The van der Waals surface area contributed by atoms with Gasteiger partial charge < -0.3 is 26.4 Å². The van der Waals surface area contributed by atoms with Crippen LogP contribution in [0.3, 0.4) is 0 Å². The number of ether oxygens (including phenoxy) is 1. The molecule has 0 spiro atoms. The Bertz CT molecular complexity index is 1740. The van der Waals surface area contributed by atoms with Crippen molar-refractivity contribution in [3.05, 3.63) is 151 Å². The maximum absolute atomic E-state index is 9.75. The zero-order valence-corrected chi connectivity index (χ0v) is 25.6. The van der Waals surface area contributed by atoms with Crippen LogP contribution in [0.15, 0.2) is 155 Å². The minimum absolute atomic E-state index is 0.513. The summed E-state index contributed by atoms with van der Waals surface area (Å²) in [6.07, 6.45) is 1.77. The predicted octanol–water partition coefficient (Wildman–Crippen LogP) is 7.72. The number of oxazole rings is 1. The molecule has 5 aromatic carbocycles. The van der Waals surface area contributed by atoms with Crippen LogP contribution >= 0.6 is 7.26 Å². The fraction of sp³-hybridized carbons (Fsp3) is 0.0286. The molecular weight excluding hydrogens is 612 g/mol. The van der Waals surface area contributed by atoms with Gasteiger partial charge in [-0.2, -0.15) is 10.1 Å². The lowest BCUT2D eigenvalue weighted by Crippen LogP contribution is -2.40. The molecule has 232 valence electrons. The normalized spacial score (nSPS) is 11.5. The summed E-state index contributed by atoms with van der Waals surface area (Å²) in [5.74, 6) is 1.84. The molecule has 46 heavy (non-hydrogen) atoms. The molecule has 0 radical (unpaired) electrons. The van der Waals surface area contributed by atoms with Crippen molar-refractivity contribution in [3.63, 3.8) is 0 Å². The summed E-state index contributed by atoms with van der Waals surface area (Å²) in [4.78, 5) is 5.26. The molecule has 1 aromatic heterocycles. The summed E-state index contributed by atoms with van der Waals surface area (Å²) < 4.78 is 50.8. The number of nitrogens with zero attached hydrogens (tertiary/aromatic N) is 2. The van der Waals surface area contributed by atoms with Gasteiger partial charge in [0.25, 0.3) is 11.3 Å². The molecule has 0 atom stereocenters.